The third kappa shape index (κ3) is 10.3. The van der Waals surface area contributed by atoms with Gasteiger partial charge < -0.3 is 39.4 Å². The number of nitrogens with zero attached hydrogens (tertiary/aromatic N) is 7. The lowest BCUT2D eigenvalue weighted by atomic mass is 9.84. The Balaban J connectivity index is 1.13. The summed E-state index contributed by atoms with van der Waals surface area (Å²) in [6, 6.07) is 7.46. The number of hydrogen-bond acceptors (Lipinski definition) is 12. The Kier molecular flexibility index (Phi) is 14.6. The lowest BCUT2D eigenvalue weighted by Crippen LogP contribution is -2.63. The summed E-state index contributed by atoms with van der Waals surface area (Å²) in [5, 5.41) is 11.4. The number of nitrogens with one attached hydrogen (secondary N) is 3. The molecule has 0 saturated carbocycles. The van der Waals surface area contributed by atoms with Crippen LogP contribution in [0.5, 0.6) is 0 Å². The van der Waals surface area contributed by atoms with Gasteiger partial charge in [-0.1, -0.05) is 33.8 Å². The Labute approximate surface area is 403 Å². The summed E-state index contributed by atoms with van der Waals surface area (Å²) in [5.74, 6) is -1.44. The van der Waals surface area contributed by atoms with E-state index in [0.717, 1.165) is 44.7 Å². The summed E-state index contributed by atoms with van der Waals surface area (Å²) in [4.78, 5) is 84.8. The number of rotatable bonds is 9. The van der Waals surface area contributed by atoms with Gasteiger partial charge in [-0.05, 0) is 75.8 Å². The van der Waals surface area contributed by atoms with Crippen LogP contribution in [0, 0.1) is 11.3 Å². The van der Waals surface area contributed by atoms with Gasteiger partial charge in [0.2, 0.25) is 11.8 Å². The van der Waals surface area contributed by atoms with Gasteiger partial charge in [0.1, 0.15) is 12.1 Å². The number of methoxy groups -OCH3 is 1. The number of benzene rings is 1. The number of fused-ring (bicyclic) bond motifs is 6. The molecule has 6 bridgehead atoms. The van der Waals surface area contributed by atoms with Crippen LogP contribution in [0.25, 0.3) is 33.4 Å². The minimum Gasteiger partial charge on any atom is -0.465 e. The Bertz CT molecular complexity index is 2540. The second-order valence-electron chi connectivity index (χ2n) is 20.0. The minimum absolute atomic E-state index is 0.0487. The summed E-state index contributed by atoms with van der Waals surface area (Å²) in [5.41, 5.74) is 9.48. The molecular weight excluding hydrogens is 885 g/mol. The number of hydrazine groups is 1. The average Bonchev–Trinajstić information content (AvgIpc) is 4.00. The van der Waals surface area contributed by atoms with Crippen LogP contribution in [-0.2, 0) is 48.0 Å². The van der Waals surface area contributed by atoms with Crippen LogP contribution in [0.15, 0.2) is 41.9 Å². The van der Waals surface area contributed by atoms with Crippen LogP contribution in [0.1, 0.15) is 90.1 Å². The molecule has 366 valence electrons. The molecule has 0 spiro atoms. The van der Waals surface area contributed by atoms with Gasteiger partial charge in [0, 0.05) is 111 Å². The fraction of sp³-hybridized carbons (Fsp3) is 0.580. The zero-order valence-corrected chi connectivity index (χ0v) is 41.8. The third-order valence-electron chi connectivity index (χ3n) is 13.9. The molecule has 3 fully saturated rings. The smallest absolute Gasteiger partial charge is 0.320 e. The number of esters is 1. The Morgan fingerprint density at radius 1 is 1.10 bits per heavy atom. The van der Waals surface area contributed by atoms with E-state index in [4.69, 9.17) is 19.4 Å². The molecule has 1 aromatic carbocycles. The third-order valence-corrected chi connectivity index (χ3v) is 14.8. The molecule has 6 atom stereocenters. The van der Waals surface area contributed by atoms with Gasteiger partial charge in [-0.2, -0.15) is 0 Å². The lowest BCUT2D eigenvalue weighted by molar-refractivity contribution is -0.150. The first kappa shape index (κ1) is 49.0. The standard InChI is InChI=1S/C50H68N10O7S/c1-10-58-40-16-15-32-21-35(40)36(45(58)34-14-11-17-51-43(34)31(5)66-9)24-50(6,7)28-67-42(61)22-33-13-12-18-60(55-33)48(64)37(23-41-53-39(32)27-68-41)54-46(62)44(29(2)3)56(8)49(65)57-19-20-59(30(4)26-57)47(63)38-25-52-38/h11,14-17,21,27,29-31,33,37-38,44,52,55H,10,12-13,18-20,22-26,28H2,1-9H3,(H,54,62)/t30-,31+,33+,37+,38+,44+/m1/s1. The lowest BCUT2D eigenvalue weighted by Gasteiger charge is -2.42. The maximum atomic E-state index is 14.7. The first-order chi connectivity index (χ1) is 32.5. The topological polar surface area (TPSA) is 193 Å². The molecule has 7 heterocycles. The number of likely N-dealkylation sites (N-methyl/N-ethyl adjacent to an activating group) is 1. The summed E-state index contributed by atoms with van der Waals surface area (Å²) < 4.78 is 14.2. The Morgan fingerprint density at radius 3 is 2.59 bits per heavy atom. The quantitative estimate of drug-likeness (QED) is 0.148. The highest BCUT2D eigenvalue weighted by atomic mass is 32.1. The van der Waals surface area contributed by atoms with E-state index < -0.39 is 23.4 Å². The van der Waals surface area contributed by atoms with Crippen molar-refractivity contribution in [1.82, 2.24) is 50.3 Å². The van der Waals surface area contributed by atoms with Crippen LogP contribution in [0.4, 0.5) is 4.79 Å². The molecule has 8 rings (SSSR count). The van der Waals surface area contributed by atoms with Crippen molar-refractivity contribution >= 4 is 52.0 Å². The van der Waals surface area contributed by atoms with Crippen LogP contribution in [0.3, 0.4) is 0 Å². The van der Waals surface area contributed by atoms with E-state index >= 15 is 0 Å². The molecule has 3 aromatic heterocycles. The predicted molar refractivity (Wildman–Crippen MR) is 260 cm³/mol. The SMILES string of the molecule is CCn1c(-c2cccnc2[C@H](C)OC)c2c3cc(ccc31)-c1csc(n1)C[C@H](NC(=O)[C@H](C(C)C)N(C)C(=O)N1CCN(C(=O)[C@@H]3CN3)[C@H](C)C1)C(=O)N1CCC[C@@H](CC(=O)OCC(C)(C)C2)N1. The normalized spacial score (nSPS) is 23.1. The predicted octanol–water partition coefficient (Wildman–Crippen LogP) is 5.17. The van der Waals surface area contributed by atoms with Crippen LogP contribution in [0.2, 0.25) is 0 Å². The average molecular weight is 953 g/mol. The number of carbonyl (C=O) groups is 5. The molecule has 68 heavy (non-hydrogen) atoms. The molecular formula is C50H68N10O7S. The molecule has 0 radical (unpaired) electrons. The monoisotopic (exact) mass is 952 g/mol. The number of thiazole rings is 1. The van der Waals surface area contributed by atoms with Crippen molar-refractivity contribution < 1.29 is 33.4 Å². The number of ether oxygens (including phenoxy) is 2. The zero-order chi connectivity index (χ0) is 48.6. The summed E-state index contributed by atoms with van der Waals surface area (Å²) in [6.45, 7) is 17.1. The van der Waals surface area contributed by atoms with Crippen LogP contribution < -0.4 is 16.1 Å². The van der Waals surface area contributed by atoms with Crippen LogP contribution in [-0.4, -0.2) is 148 Å². The molecule has 3 saturated heterocycles. The number of urea groups is 1. The maximum Gasteiger partial charge on any atom is 0.320 e. The molecule has 0 unspecified atom stereocenters. The van der Waals surface area contributed by atoms with Crippen molar-refractivity contribution in [1.29, 1.82) is 0 Å². The fourth-order valence-corrected chi connectivity index (χ4v) is 11.1. The van der Waals surface area contributed by atoms with Gasteiger partial charge in [0.05, 0.1) is 47.3 Å². The van der Waals surface area contributed by atoms with E-state index in [0.29, 0.717) is 63.5 Å². The molecule has 4 aliphatic heterocycles. The van der Waals surface area contributed by atoms with Gasteiger partial charge in [-0.15, -0.1) is 11.3 Å². The first-order valence-corrected chi connectivity index (χ1v) is 25.0. The van der Waals surface area contributed by atoms with Crippen molar-refractivity contribution in [2.75, 3.05) is 53.5 Å². The van der Waals surface area contributed by atoms with Crippen LogP contribution >= 0.6 is 11.3 Å². The van der Waals surface area contributed by atoms with Crippen molar-refractivity contribution in [3.63, 3.8) is 0 Å². The highest BCUT2D eigenvalue weighted by Crippen LogP contribution is 2.42. The second kappa shape index (κ2) is 20.3. The number of cyclic esters (lactones) is 1. The molecule has 4 aliphatic rings. The number of aryl methyl sites for hydroxylation is 1. The Morgan fingerprint density at radius 2 is 1.88 bits per heavy atom. The van der Waals surface area contributed by atoms with E-state index in [9.17, 15) is 24.0 Å². The van der Waals surface area contributed by atoms with E-state index in [2.05, 4.69) is 65.7 Å². The second-order valence-corrected chi connectivity index (χ2v) is 21.0. The highest BCUT2D eigenvalue weighted by molar-refractivity contribution is 7.10. The van der Waals surface area contributed by atoms with Gasteiger partial charge in [0.15, 0.2) is 0 Å². The van der Waals surface area contributed by atoms with Gasteiger partial charge in [-0.25, -0.2) is 15.2 Å². The summed E-state index contributed by atoms with van der Waals surface area (Å²) in [7, 11) is 3.31. The largest absolute Gasteiger partial charge is 0.465 e. The molecule has 17 nitrogen and oxygen atoms in total. The number of carbonyl (C=O) groups excluding carboxylic acids is 5. The zero-order valence-electron chi connectivity index (χ0n) is 41.0. The highest BCUT2D eigenvalue weighted by Gasteiger charge is 2.41. The van der Waals surface area contributed by atoms with Gasteiger partial charge in [0.25, 0.3) is 5.91 Å². The molecule has 3 N–H and O–H groups in total. The minimum atomic E-state index is -1.05. The molecule has 5 amide bonds. The van der Waals surface area contributed by atoms with Crippen molar-refractivity contribution in [3.05, 3.63) is 58.2 Å². The number of aromatic nitrogens is 3. The number of amides is 5. The van der Waals surface area contributed by atoms with E-state index in [-0.39, 0.29) is 73.4 Å². The molecule has 18 heteroatoms. The van der Waals surface area contributed by atoms with E-state index in [1.165, 1.54) is 21.2 Å². The number of pyridine rings is 1. The number of hydrogen-bond donors (Lipinski definition) is 3. The van der Waals surface area contributed by atoms with Gasteiger partial charge >= 0.3 is 12.0 Å². The fourth-order valence-electron chi connectivity index (χ4n) is 10.2. The van der Waals surface area contributed by atoms with Crippen molar-refractivity contribution in [2.24, 2.45) is 11.3 Å². The van der Waals surface area contributed by atoms with Gasteiger partial charge in [-0.3, -0.25) is 29.2 Å². The van der Waals surface area contributed by atoms with E-state index in [1.54, 1.807) is 25.3 Å². The van der Waals surface area contributed by atoms with Crippen molar-refractivity contribution in [3.8, 4) is 22.5 Å². The van der Waals surface area contributed by atoms with Crippen molar-refractivity contribution in [2.45, 2.75) is 123 Å². The first-order valence-electron chi connectivity index (χ1n) is 24.2. The number of piperazine rings is 1. The molecule has 0 aliphatic carbocycles. The summed E-state index contributed by atoms with van der Waals surface area (Å²) >= 11 is 1.43. The van der Waals surface area contributed by atoms with E-state index in [1.807, 2.05) is 44.0 Å². The summed E-state index contributed by atoms with van der Waals surface area (Å²) in [6.07, 6.45) is 3.60. The maximum absolute atomic E-state index is 14.7. The Hall–Kier alpha value is -5.43. The molecule has 4 aromatic rings.